The molecule has 1 heterocycles. The van der Waals surface area contributed by atoms with Crippen LogP contribution in [-0.2, 0) is 11.2 Å². The Labute approximate surface area is 126 Å². The smallest absolute Gasteiger partial charge is 0.389 e. The number of hydrogen-bond donors (Lipinski definition) is 1. The Balaban J connectivity index is 1.85. The molecule has 2 rings (SSSR count). The van der Waals surface area contributed by atoms with Crippen molar-refractivity contribution in [1.29, 1.82) is 0 Å². The minimum Gasteiger partial charge on any atom is -0.493 e. The van der Waals surface area contributed by atoms with E-state index >= 15 is 0 Å². The molecule has 0 fully saturated rings. The number of ether oxygens (including phenoxy) is 2. The van der Waals surface area contributed by atoms with Crippen LogP contribution in [0.15, 0.2) is 18.2 Å². The molecule has 0 saturated carbocycles. The maximum absolute atomic E-state index is 12.0. The van der Waals surface area contributed by atoms with Gasteiger partial charge in [0.1, 0.15) is 6.61 Å². The molecule has 4 nitrogen and oxygen atoms in total. The highest BCUT2D eigenvalue weighted by atomic mass is 19.4. The zero-order chi connectivity index (χ0) is 16.2. The molecule has 0 aliphatic carbocycles. The molecular weight excluding hydrogens is 299 g/mol. The van der Waals surface area contributed by atoms with Crippen LogP contribution < -0.4 is 14.8 Å². The van der Waals surface area contributed by atoms with E-state index in [-0.39, 0.29) is 25.5 Å². The zero-order valence-corrected chi connectivity index (χ0v) is 12.2. The van der Waals surface area contributed by atoms with Crippen LogP contribution in [-0.4, -0.2) is 32.3 Å². The number of amides is 1. The lowest BCUT2D eigenvalue weighted by Gasteiger charge is -2.25. The quantitative estimate of drug-likeness (QED) is 0.850. The number of fused-ring (bicyclic) bond motifs is 1. The first kappa shape index (κ1) is 16.5. The van der Waals surface area contributed by atoms with Crippen molar-refractivity contribution in [3.05, 3.63) is 23.8 Å². The molecule has 1 atom stereocenters. The molecule has 0 spiro atoms. The van der Waals surface area contributed by atoms with Gasteiger partial charge in [0.15, 0.2) is 11.5 Å². The van der Waals surface area contributed by atoms with E-state index in [1.54, 1.807) is 13.2 Å². The van der Waals surface area contributed by atoms with Crippen LogP contribution >= 0.6 is 0 Å². The van der Waals surface area contributed by atoms with E-state index in [4.69, 9.17) is 9.47 Å². The lowest BCUT2D eigenvalue weighted by molar-refractivity contribution is -0.136. The number of para-hydroxylation sites is 1. The van der Waals surface area contributed by atoms with Crippen molar-refractivity contribution in [1.82, 2.24) is 5.32 Å². The second kappa shape index (κ2) is 6.89. The zero-order valence-electron chi connectivity index (χ0n) is 12.2. The van der Waals surface area contributed by atoms with Crippen LogP contribution in [0.1, 0.15) is 18.4 Å². The maximum Gasteiger partial charge on any atom is 0.389 e. The topological polar surface area (TPSA) is 47.6 Å². The van der Waals surface area contributed by atoms with E-state index in [9.17, 15) is 18.0 Å². The Morgan fingerprint density at radius 3 is 2.91 bits per heavy atom. The molecule has 1 aromatic rings. The first-order valence-electron chi connectivity index (χ1n) is 7.04. The average Bonchev–Trinajstić information content (AvgIpc) is 2.49. The third kappa shape index (κ3) is 4.29. The second-order valence-electron chi connectivity index (χ2n) is 5.17. The van der Waals surface area contributed by atoms with E-state index in [1.807, 2.05) is 12.1 Å². The van der Waals surface area contributed by atoms with Gasteiger partial charge in [0, 0.05) is 13.0 Å². The SMILES string of the molecule is COc1cccc2c1OC[C@H](C(=O)NCCCC(F)(F)F)C2. The lowest BCUT2D eigenvalue weighted by Crippen LogP contribution is -2.38. The van der Waals surface area contributed by atoms with Gasteiger partial charge in [-0.2, -0.15) is 13.2 Å². The molecule has 0 unspecified atom stereocenters. The Kier molecular flexibility index (Phi) is 5.15. The molecule has 1 N–H and O–H groups in total. The summed E-state index contributed by atoms with van der Waals surface area (Å²) in [5, 5.41) is 2.53. The standard InChI is InChI=1S/C15H18F3NO3/c1-21-12-5-2-4-10-8-11(9-22-13(10)12)14(20)19-7-3-6-15(16,17)18/h2,4-5,11H,3,6-9H2,1H3,(H,19,20)/t11-/m1/s1. The van der Waals surface area contributed by atoms with E-state index in [0.717, 1.165) is 5.56 Å². The van der Waals surface area contributed by atoms with Gasteiger partial charge in [-0.15, -0.1) is 0 Å². The number of alkyl halides is 3. The summed E-state index contributed by atoms with van der Waals surface area (Å²) >= 11 is 0. The van der Waals surface area contributed by atoms with Gasteiger partial charge in [-0.1, -0.05) is 12.1 Å². The fourth-order valence-electron chi connectivity index (χ4n) is 2.37. The maximum atomic E-state index is 12.0. The van der Waals surface area contributed by atoms with E-state index in [1.165, 1.54) is 0 Å². The molecule has 0 saturated heterocycles. The summed E-state index contributed by atoms with van der Waals surface area (Å²) in [7, 11) is 1.54. The summed E-state index contributed by atoms with van der Waals surface area (Å²) in [6, 6.07) is 5.43. The summed E-state index contributed by atoms with van der Waals surface area (Å²) in [4.78, 5) is 12.0. The van der Waals surface area contributed by atoms with Crippen LogP contribution in [0.5, 0.6) is 11.5 Å². The van der Waals surface area contributed by atoms with Gasteiger partial charge >= 0.3 is 6.18 Å². The number of methoxy groups -OCH3 is 1. The fourth-order valence-corrected chi connectivity index (χ4v) is 2.37. The number of carbonyl (C=O) groups excluding carboxylic acids is 1. The molecule has 1 aromatic carbocycles. The first-order chi connectivity index (χ1) is 10.4. The normalized spacial score (nSPS) is 17.4. The third-order valence-electron chi connectivity index (χ3n) is 3.48. The first-order valence-corrected chi connectivity index (χ1v) is 7.04. The largest absolute Gasteiger partial charge is 0.493 e. The van der Waals surface area contributed by atoms with Crippen LogP contribution in [0, 0.1) is 5.92 Å². The summed E-state index contributed by atoms with van der Waals surface area (Å²) in [6.45, 7) is 0.207. The fraction of sp³-hybridized carbons (Fsp3) is 0.533. The number of carbonyl (C=O) groups is 1. The van der Waals surface area contributed by atoms with Crippen LogP contribution in [0.25, 0.3) is 0 Å². The Bertz CT molecular complexity index is 531. The van der Waals surface area contributed by atoms with E-state index in [2.05, 4.69) is 5.32 Å². The van der Waals surface area contributed by atoms with Gasteiger partial charge in [0.25, 0.3) is 0 Å². The number of hydrogen-bond acceptors (Lipinski definition) is 3. The van der Waals surface area contributed by atoms with E-state index < -0.39 is 18.5 Å². The van der Waals surface area contributed by atoms with Crippen molar-refractivity contribution >= 4 is 5.91 Å². The highest BCUT2D eigenvalue weighted by molar-refractivity contribution is 5.79. The monoisotopic (exact) mass is 317 g/mol. The average molecular weight is 317 g/mol. The van der Waals surface area contributed by atoms with Crippen LogP contribution in [0.2, 0.25) is 0 Å². The minimum atomic E-state index is -4.19. The summed E-state index contributed by atoms with van der Waals surface area (Å²) in [5.74, 6) is 0.564. The number of nitrogens with one attached hydrogen (secondary N) is 1. The molecule has 1 aliphatic heterocycles. The van der Waals surface area contributed by atoms with Crippen molar-refractivity contribution < 1.29 is 27.4 Å². The molecule has 0 radical (unpaired) electrons. The summed E-state index contributed by atoms with van der Waals surface area (Å²) in [6.07, 6.45) is -4.71. The number of benzene rings is 1. The van der Waals surface area contributed by atoms with Gasteiger partial charge in [0.05, 0.1) is 13.0 Å². The Morgan fingerprint density at radius 1 is 1.45 bits per heavy atom. The highest BCUT2D eigenvalue weighted by Crippen LogP contribution is 2.36. The number of halogens is 3. The highest BCUT2D eigenvalue weighted by Gasteiger charge is 2.29. The molecule has 7 heteroatoms. The molecule has 1 aliphatic rings. The molecule has 0 aromatic heterocycles. The van der Waals surface area contributed by atoms with Crippen molar-refractivity contribution in [2.24, 2.45) is 5.92 Å². The summed E-state index contributed by atoms with van der Waals surface area (Å²) in [5.41, 5.74) is 0.862. The van der Waals surface area contributed by atoms with Gasteiger partial charge < -0.3 is 14.8 Å². The lowest BCUT2D eigenvalue weighted by atomic mass is 9.95. The predicted octanol–water partition coefficient (Wildman–Crippen LogP) is 2.71. The Hall–Kier alpha value is -1.92. The van der Waals surface area contributed by atoms with Crippen LogP contribution in [0.3, 0.4) is 0 Å². The molecule has 1 amide bonds. The van der Waals surface area contributed by atoms with Crippen molar-refractivity contribution in [3.8, 4) is 11.5 Å². The predicted molar refractivity (Wildman–Crippen MR) is 74.0 cm³/mol. The second-order valence-corrected chi connectivity index (χ2v) is 5.17. The molecule has 0 bridgehead atoms. The van der Waals surface area contributed by atoms with Crippen molar-refractivity contribution in [3.63, 3.8) is 0 Å². The van der Waals surface area contributed by atoms with Crippen molar-refractivity contribution in [2.75, 3.05) is 20.3 Å². The summed E-state index contributed by atoms with van der Waals surface area (Å²) < 4.78 is 46.8. The van der Waals surface area contributed by atoms with E-state index in [0.29, 0.717) is 17.9 Å². The van der Waals surface area contributed by atoms with Gasteiger partial charge in [-0.05, 0) is 24.5 Å². The van der Waals surface area contributed by atoms with Crippen LogP contribution in [0.4, 0.5) is 13.2 Å². The molecular formula is C15H18F3NO3. The van der Waals surface area contributed by atoms with Gasteiger partial charge in [-0.25, -0.2) is 0 Å². The van der Waals surface area contributed by atoms with Crippen molar-refractivity contribution in [2.45, 2.75) is 25.4 Å². The molecule has 22 heavy (non-hydrogen) atoms. The minimum absolute atomic E-state index is 0.0137. The van der Waals surface area contributed by atoms with Gasteiger partial charge in [0.2, 0.25) is 5.91 Å². The van der Waals surface area contributed by atoms with Gasteiger partial charge in [-0.3, -0.25) is 4.79 Å². The third-order valence-corrected chi connectivity index (χ3v) is 3.48. The Morgan fingerprint density at radius 2 is 2.23 bits per heavy atom. The molecule has 122 valence electrons. The number of rotatable bonds is 5.